The van der Waals surface area contributed by atoms with Gasteiger partial charge in [0.2, 0.25) is 15.9 Å². The van der Waals surface area contributed by atoms with Crippen LogP contribution in [0.25, 0.3) is 0 Å². The predicted octanol–water partition coefficient (Wildman–Crippen LogP) is 3.45. The van der Waals surface area contributed by atoms with E-state index in [1.54, 1.807) is 18.2 Å². The highest BCUT2D eigenvalue weighted by Crippen LogP contribution is 2.30. The van der Waals surface area contributed by atoms with Crippen LogP contribution < -0.4 is 5.32 Å². The van der Waals surface area contributed by atoms with Crippen LogP contribution in [0.15, 0.2) is 83.8 Å². The molecule has 8 heteroatoms. The maximum atomic E-state index is 13.7. The largest absolute Gasteiger partial charge is 0.379 e. The van der Waals surface area contributed by atoms with Gasteiger partial charge in [0.15, 0.2) is 0 Å². The summed E-state index contributed by atoms with van der Waals surface area (Å²) in [6.07, 6.45) is 0.875. The first-order valence-electron chi connectivity index (χ1n) is 11.9. The number of hydrogen-bond acceptors (Lipinski definition) is 5. The van der Waals surface area contributed by atoms with Gasteiger partial charge in [0.05, 0.1) is 18.1 Å². The second kappa shape index (κ2) is 10.3. The van der Waals surface area contributed by atoms with Gasteiger partial charge in [0.25, 0.3) is 0 Å². The molecule has 2 aliphatic heterocycles. The summed E-state index contributed by atoms with van der Waals surface area (Å²) in [5.41, 5.74) is 3.91. The molecule has 0 aliphatic carbocycles. The second-order valence-electron chi connectivity index (χ2n) is 8.84. The van der Waals surface area contributed by atoms with Crippen LogP contribution in [0, 0.1) is 0 Å². The van der Waals surface area contributed by atoms with Crippen molar-refractivity contribution in [2.24, 2.45) is 0 Å². The molecule has 7 nitrogen and oxygen atoms in total. The first kappa shape index (κ1) is 23.7. The number of carbonyl (C=O) groups excluding carboxylic acids is 1. The van der Waals surface area contributed by atoms with Crippen molar-refractivity contribution in [1.29, 1.82) is 0 Å². The summed E-state index contributed by atoms with van der Waals surface area (Å²) in [5, 5.41) is 2.99. The average Bonchev–Trinajstić information content (AvgIpc) is 2.90. The molecule has 2 aliphatic rings. The molecule has 182 valence electrons. The summed E-state index contributed by atoms with van der Waals surface area (Å²) in [4.78, 5) is 16.0. The molecule has 2 heterocycles. The highest BCUT2D eigenvalue weighted by atomic mass is 32.2. The van der Waals surface area contributed by atoms with Crippen molar-refractivity contribution < 1.29 is 17.9 Å². The fourth-order valence-corrected chi connectivity index (χ4v) is 6.24. The van der Waals surface area contributed by atoms with E-state index in [2.05, 4.69) is 22.3 Å². The molecule has 3 aromatic rings. The maximum Gasteiger partial charge on any atom is 0.246 e. The summed E-state index contributed by atoms with van der Waals surface area (Å²) in [5.74, 6) is -0.184. The van der Waals surface area contributed by atoms with E-state index in [1.807, 2.05) is 42.5 Å². The molecule has 3 aromatic carbocycles. The van der Waals surface area contributed by atoms with Crippen LogP contribution >= 0.6 is 0 Å². The fraction of sp³-hybridized carbons (Fsp3) is 0.296. The van der Waals surface area contributed by atoms with Crippen LogP contribution in [0.5, 0.6) is 0 Å². The number of hydrogen-bond donors (Lipinski definition) is 1. The molecule has 1 saturated heterocycles. The lowest BCUT2D eigenvalue weighted by molar-refractivity contribution is -0.122. The number of ether oxygens (including phenoxy) is 1. The van der Waals surface area contributed by atoms with Gasteiger partial charge in [-0.05, 0) is 41.3 Å². The standard InChI is InChI=1S/C27H29N3O4S/c31-27(28-24-11-6-12-25(19-24)35(32,33)30-15-17-34-18-16-30)26(22-8-2-1-3-9-22)29-14-13-21-7-4-5-10-23(21)20-29/h1-12,19,26H,13-18,20H2,(H,28,31)/t26-/m0/s1. The minimum atomic E-state index is -3.66. The molecule has 1 atom stereocenters. The number of amides is 1. The van der Waals surface area contributed by atoms with Gasteiger partial charge in [-0.15, -0.1) is 0 Å². The molecule has 1 N–H and O–H groups in total. The van der Waals surface area contributed by atoms with Crippen LogP contribution in [0.4, 0.5) is 5.69 Å². The van der Waals surface area contributed by atoms with E-state index in [-0.39, 0.29) is 10.8 Å². The van der Waals surface area contributed by atoms with E-state index in [4.69, 9.17) is 4.74 Å². The molecule has 0 spiro atoms. The molecule has 1 amide bonds. The van der Waals surface area contributed by atoms with E-state index in [1.165, 1.54) is 21.5 Å². The Morgan fingerprint density at radius 1 is 0.857 bits per heavy atom. The summed E-state index contributed by atoms with van der Waals surface area (Å²) in [7, 11) is -3.66. The number of benzene rings is 3. The zero-order chi connectivity index (χ0) is 24.3. The summed E-state index contributed by atoms with van der Waals surface area (Å²) in [6.45, 7) is 2.85. The lowest BCUT2D eigenvalue weighted by Crippen LogP contribution is -2.41. The van der Waals surface area contributed by atoms with Crippen molar-refractivity contribution in [2.75, 3.05) is 38.2 Å². The SMILES string of the molecule is O=C(Nc1cccc(S(=O)(=O)N2CCOCC2)c1)[C@H](c1ccccc1)N1CCc2ccccc2C1. The second-order valence-corrected chi connectivity index (χ2v) is 10.8. The highest BCUT2D eigenvalue weighted by Gasteiger charge is 2.31. The number of sulfonamides is 1. The molecule has 0 bridgehead atoms. The minimum absolute atomic E-state index is 0.167. The van der Waals surface area contributed by atoms with E-state index in [0.717, 1.165) is 18.5 Å². The van der Waals surface area contributed by atoms with Crippen molar-refractivity contribution in [3.63, 3.8) is 0 Å². The van der Waals surface area contributed by atoms with Crippen LogP contribution in [0.3, 0.4) is 0 Å². The molecule has 0 saturated carbocycles. The van der Waals surface area contributed by atoms with Gasteiger partial charge < -0.3 is 10.1 Å². The number of anilines is 1. The average molecular weight is 492 g/mol. The Morgan fingerprint density at radius 2 is 1.57 bits per heavy atom. The summed E-state index contributed by atoms with van der Waals surface area (Å²) >= 11 is 0. The van der Waals surface area contributed by atoms with Crippen molar-refractivity contribution in [1.82, 2.24) is 9.21 Å². The number of fused-ring (bicyclic) bond motifs is 1. The molecule has 0 unspecified atom stereocenters. The third kappa shape index (κ3) is 5.16. The maximum absolute atomic E-state index is 13.7. The normalized spacial score (nSPS) is 17.9. The lowest BCUT2D eigenvalue weighted by atomic mass is 9.96. The van der Waals surface area contributed by atoms with Gasteiger partial charge in [-0.1, -0.05) is 60.7 Å². The summed E-state index contributed by atoms with van der Waals surface area (Å²) < 4.78 is 32.9. The van der Waals surface area contributed by atoms with E-state index < -0.39 is 16.1 Å². The number of nitrogens with one attached hydrogen (secondary N) is 1. The zero-order valence-electron chi connectivity index (χ0n) is 19.5. The molecular weight excluding hydrogens is 462 g/mol. The van der Waals surface area contributed by atoms with Gasteiger partial charge in [0.1, 0.15) is 6.04 Å². The fourth-order valence-electron chi connectivity index (χ4n) is 4.78. The van der Waals surface area contributed by atoms with E-state index in [9.17, 15) is 13.2 Å². The Hall–Kier alpha value is -3.04. The third-order valence-corrected chi connectivity index (χ3v) is 8.49. The predicted molar refractivity (Wildman–Crippen MR) is 134 cm³/mol. The quantitative estimate of drug-likeness (QED) is 0.572. The molecule has 0 aromatic heterocycles. The molecule has 5 rings (SSSR count). The Bertz CT molecular complexity index is 1290. The van der Waals surface area contributed by atoms with Gasteiger partial charge in [-0.25, -0.2) is 8.42 Å². The first-order chi connectivity index (χ1) is 17.0. The van der Waals surface area contributed by atoms with Crippen LogP contribution in [0.2, 0.25) is 0 Å². The van der Waals surface area contributed by atoms with Crippen molar-refractivity contribution >= 4 is 21.6 Å². The van der Waals surface area contributed by atoms with Gasteiger partial charge >= 0.3 is 0 Å². The highest BCUT2D eigenvalue weighted by molar-refractivity contribution is 7.89. The Morgan fingerprint density at radius 3 is 2.34 bits per heavy atom. The molecular formula is C27H29N3O4S. The van der Waals surface area contributed by atoms with E-state index in [0.29, 0.717) is 38.5 Å². The van der Waals surface area contributed by atoms with Gasteiger partial charge in [-0.2, -0.15) is 4.31 Å². The smallest absolute Gasteiger partial charge is 0.246 e. The van der Waals surface area contributed by atoms with Gasteiger partial charge in [-0.3, -0.25) is 9.69 Å². The lowest BCUT2D eigenvalue weighted by Gasteiger charge is -2.35. The monoisotopic (exact) mass is 491 g/mol. The third-order valence-electron chi connectivity index (χ3n) is 6.60. The number of morpholine rings is 1. The molecule has 1 fully saturated rings. The Labute approximate surface area is 206 Å². The summed E-state index contributed by atoms with van der Waals surface area (Å²) in [6, 6.07) is 24.1. The Balaban J connectivity index is 1.40. The number of carbonyl (C=O) groups is 1. The Kier molecular flexibility index (Phi) is 6.97. The van der Waals surface area contributed by atoms with Crippen LogP contribution in [-0.2, 0) is 32.5 Å². The van der Waals surface area contributed by atoms with Gasteiger partial charge in [0, 0.05) is 31.9 Å². The number of nitrogens with zero attached hydrogens (tertiary/aromatic N) is 2. The van der Waals surface area contributed by atoms with E-state index >= 15 is 0 Å². The molecule has 0 radical (unpaired) electrons. The first-order valence-corrected chi connectivity index (χ1v) is 13.3. The molecule has 35 heavy (non-hydrogen) atoms. The topological polar surface area (TPSA) is 79.0 Å². The van der Waals surface area contributed by atoms with Crippen molar-refractivity contribution in [2.45, 2.75) is 23.9 Å². The zero-order valence-corrected chi connectivity index (χ0v) is 20.3. The number of rotatable bonds is 6. The van der Waals surface area contributed by atoms with Crippen molar-refractivity contribution in [3.8, 4) is 0 Å². The van der Waals surface area contributed by atoms with Crippen LogP contribution in [0.1, 0.15) is 22.7 Å². The minimum Gasteiger partial charge on any atom is -0.379 e. The van der Waals surface area contributed by atoms with Crippen molar-refractivity contribution in [3.05, 3.63) is 95.6 Å². The van der Waals surface area contributed by atoms with Crippen LogP contribution in [-0.4, -0.2) is 56.4 Å².